The Kier molecular flexibility index (Phi) is 4.62. The molecular weight excluding hydrogens is 374 g/mol. The average molecular weight is 399 g/mol. The number of rotatable bonds is 6. The van der Waals surface area contributed by atoms with Gasteiger partial charge < -0.3 is 14.5 Å². The van der Waals surface area contributed by atoms with Crippen molar-refractivity contribution in [3.63, 3.8) is 0 Å². The first-order valence-corrected chi connectivity index (χ1v) is 10.3. The Hall–Kier alpha value is -3.41. The minimum Gasteiger partial charge on any atom is -0.486 e. The maximum absolute atomic E-state index is 6.37. The molecule has 30 heavy (non-hydrogen) atoms. The lowest BCUT2D eigenvalue weighted by molar-refractivity contribution is 0.301. The summed E-state index contributed by atoms with van der Waals surface area (Å²) in [6, 6.07) is 8.26. The molecule has 1 N–H and O–H groups in total. The third-order valence-corrected chi connectivity index (χ3v) is 5.69. The zero-order valence-electron chi connectivity index (χ0n) is 17.5. The van der Waals surface area contributed by atoms with Crippen molar-refractivity contribution < 1.29 is 4.74 Å². The highest BCUT2D eigenvalue weighted by atomic mass is 16.5. The molecule has 0 spiro atoms. The van der Waals surface area contributed by atoms with Crippen molar-refractivity contribution in [3.05, 3.63) is 71.6 Å². The van der Waals surface area contributed by atoms with Crippen LogP contribution < -0.4 is 10.1 Å². The smallest absolute Gasteiger partial charge is 0.137 e. The van der Waals surface area contributed by atoms with Crippen LogP contribution in [0.15, 0.2) is 49.1 Å². The summed E-state index contributed by atoms with van der Waals surface area (Å²) in [5.41, 5.74) is 7.08. The minimum atomic E-state index is 0.390. The zero-order valence-corrected chi connectivity index (χ0v) is 17.5. The van der Waals surface area contributed by atoms with Crippen LogP contribution in [0.2, 0.25) is 0 Å². The summed E-state index contributed by atoms with van der Waals surface area (Å²) in [6.45, 7) is 4.42. The van der Waals surface area contributed by atoms with Gasteiger partial charge in [0, 0.05) is 48.5 Å². The van der Waals surface area contributed by atoms with Crippen LogP contribution in [0.4, 0.5) is 5.82 Å². The standard InChI is InChI=1S/C24H25N5O/c1-15-23(22(16(2)27-24(15)25-3)18-5-4-10-26-11-18)30-14-20-13-29-12-19(17-6-7-17)8-9-21(29)28-20/h4-5,8-13,17H,6-7,14H2,1-3H3,(H,25,27). The van der Waals surface area contributed by atoms with Gasteiger partial charge in [-0.25, -0.2) is 9.97 Å². The molecule has 0 unspecified atom stereocenters. The number of aryl methyl sites for hydroxylation is 1. The van der Waals surface area contributed by atoms with E-state index in [1.165, 1.54) is 18.4 Å². The van der Waals surface area contributed by atoms with Gasteiger partial charge >= 0.3 is 0 Å². The molecule has 1 aliphatic carbocycles. The monoisotopic (exact) mass is 399 g/mol. The lowest BCUT2D eigenvalue weighted by Crippen LogP contribution is -2.06. The SMILES string of the molecule is CNc1nc(C)c(-c2cccnc2)c(OCc2cn3cc(C4CC4)ccc3n2)c1C. The van der Waals surface area contributed by atoms with Gasteiger partial charge in [-0.05, 0) is 50.3 Å². The number of anilines is 1. The fourth-order valence-electron chi connectivity index (χ4n) is 3.98. The van der Waals surface area contributed by atoms with Crippen molar-refractivity contribution >= 4 is 11.5 Å². The summed E-state index contributed by atoms with van der Waals surface area (Å²) in [4.78, 5) is 13.7. The maximum atomic E-state index is 6.37. The van der Waals surface area contributed by atoms with Crippen LogP contribution in [0.5, 0.6) is 5.75 Å². The lowest BCUT2D eigenvalue weighted by atomic mass is 10.0. The zero-order chi connectivity index (χ0) is 20.7. The second kappa shape index (κ2) is 7.44. The van der Waals surface area contributed by atoms with Crippen molar-refractivity contribution in [2.75, 3.05) is 12.4 Å². The summed E-state index contributed by atoms with van der Waals surface area (Å²) in [7, 11) is 1.88. The van der Waals surface area contributed by atoms with E-state index in [1.807, 2.05) is 39.2 Å². The van der Waals surface area contributed by atoms with Gasteiger partial charge in [-0.3, -0.25) is 4.98 Å². The molecule has 152 valence electrons. The highest BCUT2D eigenvalue weighted by Gasteiger charge is 2.24. The Balaban J connectivity index is 1.49. The molecule has 1 aliphatic rings. The van der Waals surface area contributed by atoms with E-state index in [4.69, 9.17) is 14.7 Å². The molecule has 5 rings (SSSR count). The number of hydrogen-bond donors (Lipinski definition) is 1. The number of nitrogens with zero attached hydrogens (tertiary/aromatic N) is 4. The molecule has 0 atom stereocenters. The van der Waals surface area contributed by atoms with Gasteiger partial charge in [0.05, 0.1) is 11.4 Å². The number of imidazole rings is 1. The number of nitrogens with one attached hydrogen (secondary N) is 1. The van der Waals surface area contributed by atoms with E-state index in [2.05, 4.69) is 39.2 Å². The number of hydrogen-bond acceptors (Lipinski definition) is 5. The summed E-state index contributed by atoms with van der Waals surface area (Å²) in [6.07, 6.45) is 10.5. The predicted octanol–water partition coefficient (Wildman–Crippen LogP) is 4.91. The van der Waals surface area contributed by atoms with Crippen molar-refractivity contribution in [2.45, 2.75) is 39.2 Å². The van der Waals surface area contributed by atoms with Gasteiger partial charge in [0.1, 0.15) is 23.8 Å². The topological polar surface area (TPSA) is 64.3 Å². The predicted molar refractivity (Wildman–Crippen MR) is 118 cm³/mol. The molecule has 0 saturated heterocycles. The molecule has 0 aromatic carbocycles. The molecule has 0 radical (unpaired) electrons. The van der Waals surface area contributed by atoms with Crippen LogP contribution in [-0.2, 0) is 6.61 Å². The number of ether oxygens (including phenoxy) is 1. The first-order chi connectivity index (χ1) is 14.6. The maximum Gasteiger partial charge on any atom is 0.137 e. The molecule has 0 amide bonds. The highest BCUT2D eigenvalue weighted by Crippen LogP contribution is 2.40. The summed E-state index contributed by atoms with van der Waals surface area (Å²) >= 11 is 0. The van der Waals surface area contributed by atoms with Crippen LogP contribution in [0, 0.1) is 13.8 Å². The molecule has 1 fully saturated rings. The first kappa shape index (κ1) is 18.6. The molecule has 6 heteroatoms. The van der Waals surface area contributed by atoms with Crippen LogP contribution in [0.1, 0.15) is 41.3 Å². The third kappa shape index (κ3) is 3.38. The lowest BCUT2D eigenvalue weighted by Gasteiger charge is -2.18. The van der Waals surface area contributed by atoms with Gasteiger partial charge in [0.15, 0.2) is 0 Å². The van der Waals surface area contributed by atoms with E-state index in [1.54, 1.807) is 6.20 Å². The molecule has 0 bridgehead atoms. The Morgan fingerprint density at radius 2 is 2.00 bits per heavy atom. The Labute approximate surface area is 176 Å². The summed E-state index contributed by atoms with van der Waals surface area (Å²) in [5.74, 6) is 2.36. The fourth-order valence-corrected chi connectivity index (χ4v) is 3.98. The second-order valence-electron chi connectivity index (χ2n) is 7.89. The molecule has 4 aromatic heterocycles. The van der Waals surface area contributed by atoms with Gasteiger partial charge in [0.25, 0.3) is 0 Å². The van der Waals surface area contributed by atoms with Crippen molar-refractivity contribution in [3.8, 4) is 16.9 Å². The summed E-state index contributed by atoms with van der Waals surface area (Å²) in [5, 5.41) is 3.17. The molecule has 1 saturated carbocycles. The van der Waals surface area contributed by atoms with E-state index in [-0.39, 0.29) is 0 Å². The van der Waals surface area contributed by atoms with E-state index in [9.17, 15) is 0 Å². The van der Waals surface area contributed by atoms with E-state index in [0.29, 0.717) is 6.61 Å². The van der Waals surface area contributed by atoms with Crippen LogP contribution >= 0.6 is 0 Å². The minimum absolute atomic E-state index is 0.390. The largest absolute Gasteiger partial charge is 0.486 e. The van der Waals surface area contributed by atoms with Crippen molar-refractivity contribution in [1.29, 1.82) is 0 Å². The molecular formula is C24H25N5O. The van der Waals surface area contributed by atoms with Crippen LogP contribution in [0.25, 0.3) is 16.8 Å². The molecule has 6 nitrogen and oxygen atoms in total. The molecule has 0 aliphatic heterocycles. The number of pyridine rings is 3. The van der Waals surface area contributed by atoms with Gasteiger partial charge in [-0.2, -0.15) is 0 Å². The van der Waals surface area contributed by atoms with Gasteiger partial charge in [0.2, 0.25) is 0 Å². The molecule has 4 aromatic rings. The van der Waals surface area contributed by atoms with Crippen molar-refractivity contribution in [2.24, 2.45) is 0 Å². The quantitative estimate of drug-likeness (QED) is 0.499. The Morgan fingerprint density at radius 1 is 1.13 bits per heavy atom. The van der Waals surface area contributed by atoms with E-state index >= 15 is 0 Å². The number of fused-ring (bicyclic) bond motifs is 1. The van der Waals surface area contributed by atoms with Gasteiger partial charge in [-0.1, -0.05) is 12.1 Å². The van der Waals surface area contributed by atoms with Gasteiger partial charge in [-0.15, -0.1) is 0 Å². The average Bonchev–Trinajstić information content (AvgIpc) is 3.53. The highest BCUT2D eigenvalue weighted by molar-refractivity contribution is 5.76. The Bertz CT molecular complexity index is 1210. The first-order valence-electron chi connectivity index (χ1n) is 10.3. The Morgan fingerprint density at radius 3 is 2.73 bits per heavy atom. The van der Waals surface area contributed by atoms with Crippen molar-refractivity contribution in [1.82, 2.24) is 19.4 Å². The van der Waals surface area contributed by atoms with Crippen LogP contribution in [-0.4, -0.2) is 26.4 Å². The van der Waals surface area contributed by atoms with E-state index in [0.717, 1.165) is 51.2 Å². The number of aromatic nitrogens is 4. The normalized spacial score (nSPS) is 13.6. The fraction of sp³-hybridized carbons (Fsp3) is 0.292. The summed E-state index contributed by atoms with van der Waals surface area (Å²) < 4.78 is 8.48. The van der Waals surface area contributed by atoms with Crippen LogP contribution in [0.3, 0.4) is 0 Å². The second-order valence-corrected chi connectivity index (χ2v) is 7.89. The van der Waals surface area contributed by atoms with E-state index < -0.39 is 0 Å². The molecule has 4 heterocycles. The third-order valence-electron chi connectivity index (χ3n) is 5.69.